The molecule has 0 bridgehead atoms. The Morgan fingerprint density at radius 1 is 1.38 bits per heavy atom. The Balaban J connectivity index is 2.67. The molecule has 0 unspecified atom stereocenters. The Hall–Kier alpha value is -1.77. The fourth-order valence-corrected chi connectivity index (χ4v) is 1.30. The number of aromatic carboxylic acids is 1. The minimum atomic E-state index is -0.934. The third-order valence-corrected chi connectivity index (χ3v) is 1.89. The van der Waals surface area contributed by atoms with E-state index in [2.05, 4.69) is 0 Å². The van der Waals surface area contributed by atoms with Crippen molar-refractivity contribution in [2.45, 2.75) is 6.92 Å². The van der Waals surface area contributed by atoms with Crippen LogP contribution < -0.4 is 0 Å². The molecule has 0 atom stereocenters. The second-order valence-electron chi connectivity index (χ2n) is 2.91. The Kier molecular flexibility index (Phi) is 1.59. The number of aryl methyl sites for hydroxylation is 1. The van der Waals surface area contributed by atoms with E-state index in [1.807, 2.05) is 13.0 Å². The Morgan fingerprint density at radius 3 is 2.85 bits per heavy atom. The topological polar surface area (TPSA) is 50.4 Å². The van der Waals surface area contributed by atoms with Gasteiger partial charge in [-0.2, -0.15) is 0 Å². The van der Waals surface area contributed by atoms with Gasteiger partial charge in [-0.3, -0.25) is 0 Å². The van der Waals surface area contributed by atoms with E-state index in [-0.39, 0.29) is 5.56 Å². The largest absolute Gasteiger partial charge is 0.478 e. The van der Waals surface area contributed by atoms with Crippen LogP contribution in [0.2, 0.25) is 0 Å². The number of carboxylic acids is 1. The first kappa shape index (κ1) is 7.86. The van der Waals surface area contributed by atoms with Crippen molar-refractivity contribution in [1.82, 2.24) is 0 Å². The van der Waals surface area contributed by atoms with Gasteiger partial charge < -0.3 is 9.52 Å². The van der Waals surface area contributed by atoms with E-state index in [0.29, 0.717) is 5.58 Å². The van der Waals surface area contributed by atoms with Gasteiger partial charge >= 0.3 is 5.97 Å². The molecule has 0 aliphatic rings. The standard InChI is InChI=1S/C10H8O3/c1-6-4-7-2-3-8(10(11)12)5-9(7)13-6/h2-5H,1H3,(H,11,12). The highest BCUT2D eigenvalue weighted by Crippen LogP contribution is 2.19. The van der Waals surface area contributed by atoms with Crippen LogP contribution in [-0.4, -0.2) is 11.1 Å². The zero-order valence-corrected chi connectivity index (χ0v) is 7.07. The average Bonchev–Trinajstić information content (AvgIpc) is 2.42. The number of hydrogen-bond acceptors (Lipinski definition) is 2. The SMILES string of the molecule is Cc1cc2ccc(C(=O)O)cc2o1. The summed E-state index contributed by atoms with van der Waals surface area (Å²) in [5, 5.41) is 9.64. The van der Waals surface area contributed by atoms with Gasteiger partial charge in [0.1, 0.15) is 11.3 Å². The first-order valence-corrected chi connectivity index (χ1v) is 3.90. The maximum Gasteiger partial charge on any atom is 0.335 e. The highest BCUT2D eigenvalue weighted by molar-refractivity contribution is 5.92. The molecule has 1 aromatic carbocycles. The van der Waals surface area contributed by atoms with E-state index in [4.69, 9.17) is 9.52 Å². The fraction of sp³-hybridized carbons (Fsp3) is 0.100. The molecule has 1 N–H and O–H groups in total. The maximum atomic E-state index is 10.6. The van der Waals surface area contributed by atoms with Gasteiger partial charge in [-0.1, -0.05) is 6.07 Å². The van der Waals surface area contributed by atoms with E-state index in [9.17, 15) is 4.79 Å². The molecule has 66 valence electrons. The summed E-state index contributed by atoms with van der Waals surface area (Å²) in [6.45, 7) is 1.83. The van der Waals surface area contributed by atoms with E-state index in [0.717, 1.165) is 11.1 Å². The third kappa shape index (κ3) is 1.28. The number of hydrogen-bond donors (Lipinski definition) is 1. The maximum absolute atomic E-state index is 10.6. The molecular weight excluding hydrogens is 168 g/mol. The van der Waals surface area contributed by atoms with E-state index < -0.39 is 5.97 Å². The van der Waals surface area contributed by atoms with Gasteiger partial charge in [0.05, 0.1) is 5.56 Å². The molecule has 0 amide bonds. The van der Waals surface area contributed by atoms with Crippen LogP contribution in [0.3, 0.4) is 0 Å². The smallest absolute Gasteiger partial charge is 0.335 e. The second kappa shape index (κ2) is 2.62. The van der Waals surface area contributed by atoms with Crippen molar-refractivity contribution in [2.24, 2.45) is 0 Å². The Morgan fingerprint density at radius 2 is 2.15 bits per heavy atom. The molecular formula is C10H8O3. The second-order valence-corrected chi connectivity index (χ2v) is 2.91. The van der Waals surface area contributed by atoms with Gasteiger partial charge in [0.15, 0.2) is 0 Å². The van der Waals surface area contributed by atoms with Crippen LogP contribution in [-0.2, 0) is 0 Å². The van der Waals surface area contributed by atoms with Crippen LogP contribution in [0.1, 0.15) is 16.1 Å². The van der Waals surface area contributed by atoms with Crippen LogP contribution in [0.25, 0.3) is 11.0 Å². The van der Waals surface area contributed by atoms with Gasteiger partial charge in [0.25, 0.3) is 0 Å². The van der Waals surface area contributed by atoms with Crippen LogP contribution >= 0.6 is 0 Å². The molecule has 0 spiro atoms. The van der Waals surface area contributed by atoms with Crippen LogP contribution in [0.5, 0.6) is 0 Å². The summed E-state index contributed by atoms with van der Waals surface area (Å²) in [6.07, 6.45) is 0. The molecule has 3 nitrogen and oxygen atoms in total. The number of carboxylic acid groups (broad SMARTS) is 1. The lowest BCUT2D eigenvalue weighted by molar-refractivity contribution is 0.0697. The number of furan rings is 1. The van der Waals surface area contributed by atoms with Crippen molar-refractivity contribution >= 4 is 16.9 Å². The normalized spacial score (nSPS) is 10.5. The zero-order chi connectivity index (χ0) is 9.42. The lowest BCUT2D eigenvalue weighted by Crippen LogP contribution is -1.94. The van der Waals surface area contributed by atoms with Crippen LogP contribution in [0.4, 0.5) is 0 Å². The van der Waals surface area contributed by atoms with Crippen molar-refractivity contribution in [3.05, 3.63) is 35.6 Å². The molecule has 0 saturated carbocycles. The minimum absolute atomic E-state index is 0.252. The highest BCUT2D eigenvalue weighted by atomic mass is 16.4. The Bertz CT molecular complexity index is 468. The van der Waals surface area contributed by atoms with E-state index in [1.54, 1.807) is 12.1 Å². The number of benzene rings is 1. The third-order valence-electron chi connectivity index (χ3n) is 1.89. The van der Waals surface area contributed by atoms with Gasteiger partial charge in [-0.15, -0.1) is 0 Å². The summed E-state index contributed by atoms with van der Waals surface area (Å²) < 4.78 is 5.30. The summed E-state index contributed by atoms with van der Waals surface area (Å²) in [5.74, 6) is -0.145. The fourth-order valence-electron chi connectivity index (χ4n) is 1.30. The first-order chi connectivity index (χ1) is 6.16. The molecule has 2 aromatic rings. The minimum Gasteiger partial charge on any atom is -0.478 e. The monoisotopic (exact) mass is 176 g/mol. The summed E-state index contributed by atoms with van der Waals surface area (Å²) >= 11 is 0. The van der Waals surface area contributed by atoms with Crippen molar-refractivity contribution in [3.63, 3.8) is 0 Å². The van der Waals surface area contributed by atoms with E-state index >= 15 is 0 Å². The van der Waals surface area contributed by atoms with Crippen molar-refractivity contribution < 1.29 is 14.3 Å². The van der Waals surface area contributed by atoms with Crippen molar-refractivity contribution in [2.75, 3.05) is 0 Å². The van der Waals surface area contributed by atoms with Gasteiger partial charge in [0, 0.05) is 5.39 Å². The molecule has 0 fully saturated rings. The molecule has 0 aliphatic carbocycles. The van der Waals surface area contributed by atoms with Crippen molar-refractivity contribution in [3.8, 4) is 0 Å². The molecule has 13 heavy (non-hydrogen) atoms. The lowest BCUT2D eigenvalue weighted by atomic mass is 10.2. The van der Waals surface area contributed by atoms with Crippen LogP contribution in [0.15, 0.2) is 28.7 Å². The van der Waals surface area contributed by atoms with Gasteiger partial charge in [-0.05, 0) is 25.1 Å². The summed E-state index contributed by atoms with van der Waals surface area (Å²) in [5.41, 5.74) is 0.874. The molecule has 0 saturated heterocycles. The molecule has 2 rings (SSSR count). The molecule has 1 heterocycles. The van der Waals surface area contributed by atoms with Gasteiger partial charge in [-0.25, -0.2) is 4.79 Å². The average molecular weight is 176 g/mol. The number of rotatable bonds is 1. The summed E-state index contributed by atoms with van der Waals surface area (Å²) in [4.78, 5) is 10.6. The lowest BCUT2D eigenvalue weighted by Gasteiger charge is -1.92. The predicted molar refractivity (Wildman–Crippen MR) is 47.9 cm³/mol. The van der Waals surface area contributed by atoms with Crippen molar-refractivity contribution in [1.29, 1.82) is 0 Å². The van der Waals surface area contributed by atoms with Gasteiger partial charge in [0.2, 0.25) is 0 Å². The predicted octanol–water partition coefficient (Wildman–Crippen LogP) is 2.44. The zero-order valence-electron chi connectivity index (χ0n) is 7.07. The quantitative estimate of drug-likeness (QED) is 0.725. The first-order valence-electron chi connectivity index (χ1n) is 3.90. The Labute approximate surface area is 74.6 Å². The molecule has 0 aliphatic heterocycles. The number of fused-ring (bicyclic) bond motifs is 1. The summed E-state index contributed by atoms with van der Waals surface area (Å²) in [6, 6.07) is 6.72. The summed E-state index contributed by atoms with van der Waals surface area (Å²) in [7, 11) is 0. The molecule has 3 heteroatoms. The van der Waals surface area contributed by atoms with Crippen LogP contribution in [0, 0.1) is 6.92 Å². The molecule has 1 aromatic heterocycles. The number of carbonyl (C=O) groups is 1. The molecule has 0 radical (unpaired) electrons. The van der Waals surface area contributed by atoms with E-state index in [1.165, 1.54) is 6.07 Å². The highest BCUT2D eigenvalue weighted by Gasteiger charge is 2.05.